The van der Waals surface area contributed by atoms with Crippen LogP contribution in [0.25, 0.3) is 0 Å². The van der Waals surface area contributed by atoms with Crippen molar-refractivity contribution in [3.63, 3.8) is 0 Å². The highest BCUT2D eigenvalue weighted by molar-refractivity contribution is 6.06. The summed E-state index contributed by atoms with van der Waals surface area (Å²) in [6, 6.07) is 5.91. The molecular weight excluding hydrogens is 466 g/mol. The molecule has 1 aromatic rings. The van der Waals surface area contributed by atoms with Crippen LogP contribution in [0.4, 0.5) is 0 Å². The van der Waals surface area contributed by atoms with E-state index in [0.29, 0.717) is 44.1 Å². The molecule has 6 nitrogen and oxygen atoms in total. The number of benzene rings is 1. The van der Waals surface area contributed by atoms with Gasteiger partial charge in [0.15, 0.2) is 23.1 Å². The van der Waals surface area contributed by atoms with E-state index in [9.17, 15) is 9.59 Å². The van der Waals surface area contributed by atoms with E-state index < -0.39 is 5.92 Å². The van der Waals surface area contributed by atoms with Crippen molar-refractivity contribution in [1.82, 2.24) is 4.90 Å². The molecule has 202 valence electrons. The minimum atomic E-state index is -0.400. The van der Waals surface area contributed by atoms with Gasteiger partial charge in [-0.15, -0.1) is 0 Å². The highest BCUT2D eigenvalue weighted by atomic mass is 16.5. The number of carbonyl (C=O) groups is 2. The standard InChI is InChI=1S/C31H43NO5/c1-9-36-26-14-20(10-11-25(26)37-19(2)3)27-28-21(15-30(4,5)17-23(28)33)32(12-13-35-8)22-16-31(6,7)18-24(34)29(22)27/h10-11,14,19,27H,9,12-13,15-18H2,1-8H3. The van der Waals surface area contributed by atoms with Gasteiger partial charge in [-0.1, -0.05) is 33.8 Å². The molecule has 0 saturated carbocycles. The fourth-order valence-corrected chi connectivity index (χ4v) is 6.16. The van der Waals surface area contributed by atoms with Crippen LogP contribution in [0.3, 0.4) is 0 Å². The molecule has 0 fully saturated rings. The number of nitrogens with zero attached hydrogens (tertiary/aromatic N) is 1. The summed E-state index contributed by atoms with van der Waals surface area (Å²) in [4.78, 5) is 30.0. The van der Waals surface area contributed by atoms with Crippen LogP contribution in [-0.4, -0.2) is 49.4 Å². The SMILES string of the molecule is CCOc1cc(C2C3=C(CC(C)(C)CC3=O)N(CCOC)C3=C2C(=O)CC(C)(C)C3)ccc1OC(C)C. The predicted molar refractivity (Wildman–Crippen MR) is 145 cm³/mol. The molecule has 1 heterocycles. The van der Waals surface area contributed by atoms with Crippen LogP contribution < -0.4 is 9.47 Å². The summed E-state index contributed by atoms with van der Waals surface area (Å²) in [7, 11) is 1.69. The van der Waals surface area contributed by atoms with Crippen LogP contribution in [0.15, 0.2) is 40.7 Å². The largest absolute Gasteiger partial charge is 0.490 e. The third-order valence-electron chi connectivity index (χ3n) is 7.50. The second-order valence-corrected chi connectivity index (χ2v) is 12.5. The zero-order chi connectivity index (χ0) is 27.1. The minimum absolute atomic E-state index is 0.00186. The summed E-state index contributed by atoms with van der Waals surface area (Å²) in [6.45, 7) is 16.2. The van der Waals surface area contributed by atoms with Crippen LogP contribution in [0, 0.1) is 10.8 Å². The number of ether oxygens (including phenoxy) is 3. The minimum Gasteiger partial charge on any atom is -0.490 e. The van der Waals surface area contributed by atoms with Gasteiger partial charge < -0.3 is 19.1 Å². The molecule has 6 heteroatoms. The maximum Gasteiger partial charge on any atom is 0.162 e. The summed E-state index contributed by atoms with van der Waals surface area (Å²) in [6.07, 6.45) is 2.51. The predicted octanol–water partition coefficient (Wildman–Crippen LogP) is 6.20. The van der Waals surface area contributed by atoms with E-state index >= 15 is 0 Å². The third kappa shape index (κ3) is 5.50. The van der Waals surface area contributed by atoms with Gasteiger partial charge in [-0.2, -0.15) is 0 Å². The van der Waals surface area contributed by atoms with Crippen molar-refractivity contribution >= 4 is 11.6 Å². The maximum atomic E-state index is 13.9. The molecule has 1 aliphatic heterocycles. The van der Waals surface area contributed by atoms with Gasteiger partial charge in [0.1, 0.15) is 0 Å². The topological polar surface area (TPSA) is 65.1 Å². The van der Waals surface area contributed by atoms with Gasteiger partial charge in [0, 0.05) is 55.0 Å². The van der Waals surface area contributed by atoms with Crippen molar-refractivity contribution in [3.05, 3.63) is 46.3 Å². The zero-order valence-electron chi connectivity index (χ0n) is 23.8. The number of hydrogen-bond acceptors (Lipinski definition) is 6. The second kappa shape index (κ2) is 10.3. The first-order chi connectivity index (χ1) is 17.4. The highest BCUT2D eigenvalue weighted by Gasteiger charge is 2.49. The molecule has 0 aromatic heterocycles. The zero-order valence-corrected chi connectivity index (χ0v) is 23.8. The second-order valence-electron chi connectivity index (χ2n) is 12.5. The first-order valence-corrected chi connectivity index (χ1v) is 13.6. The lowest BCUT2D eigenvalue weighted by Crippen LogP contribution is -2.45. The van der Waals surface area contributed by atoms with Gasteiger partial charge in [-0.05, 0) is 62.1 Å². The fourth-order valence-electron chi connectivity index (χ4n) is 6.16. The molecule has 0 saturated heterocycles. The van der Waals surface area contributed by atoms with E-state index in [1.807, 2.05) is 39.0 Å². The van der Waals surface area contributed by atoms with Crippen molar-refractivity contribution in [1.29, 1.82) is 0 Å². The Bertz CT molecular complexity index is 1090. The van der Waals surface area contributed by atoms with Crippen molar-refractivity contribution in [2.45, 2.75) is 86.2 Å². The van der Waals surface area contributed by atoms with E-state index in [4.69, 9.17) is 14.2 Å². The van der Waals surface area contributed by atoms with Gasteiger partial charge in [-0.25, -0.2) is 0 Å². The molecule has 1 aromatic carbocycles. The van der Waals surface area contributed by atoms with Crippen molar-refractivity contribution in [2.75, 3.05) is 26.9 Å². The van der Waals surface area contributed by atoms with Crippen molar-refractivity contribution < 1.29 is 23.8 Å². The monoisotopic (exact) mass is 509 g/mol. The Hall–Kier alpha value is -2.60. The lowest BCUT2D eigenvalue weighted by Gasteiger charge is -2.49. The van der Waals surface area contributed by atoms with E-state index in [1.54, 1.807) is 7.11 Å². The Kier molecular flexibility index (Phi) is 7.62. The first kappa shape index (κ1) is 27.4. The number of hydrogen-bond donors (Lipinski definition) is 0. The molecule has 0 amide bonds. The lowest BCUT2D eigenvalue weighted by molar-refractivity contribution is -0.119. The van der Waals surface area contributed by atoms with Crippen LogP contribution in [0.2, 0.25) is 0 Å². The van der Waals surface area contributed by atoms with Crippen molar-refractivity contribution in [3.8, 4) is 11.5 Å². The van der Waals surface area contributed by atoms with E-state index in [1.165, 1.54) is 0 Å². The Morgan fingerprint density at radius 2 is 1.49 bits per heavy atom. The highest BCUT2D eigenvalue weighted by Crippen LogP contribution is 2.54. The third-order valence-corrected chi connectivity index (χ3v) is 7.50. The molecule has 4 rings (SSSR count). The van der Waals surface area contributed by atoms with Gasteiger partial charge in [0.25, 0.3) is 0 Å². The Morgan fingerprint density at radius 1 is 0.919 bits per heavy atom. The van der Waals surface area contributed by atoms with Gasteiger partial charge in [0.05, 0.1) is 19.3 Å². The number of ketones is 2. The molecule has 2 aliphatic carbocycles. The van der Waals surface area contributed by atoms with Gasteiger partial charge in [-0.3, -0.25) is 9.59 Å². The van der Waals surface area contributed by atoms with E-state index in [-0.39, 0.29) is 28.5 Å². The maximum absolute atomic E-state index is 13.9. The van der Waals surface area contributed by atoms with Crippen LogP contribution >= 0.6 is 0 Å². The molecule has 37 heavy (non-hydrogen) atoms. The average molecular weight is 510 g/mol. The molecule has 0 N–H and O–H groups in total. The Balaban J connectivity index is 1.96. The van der Waals surface area contributed by atoms with Crippen LogP contribution in [0.5, 0.6) is 11.5 Å². The summed E-state index contributed by atoms with van der Waals surface area (Å²) in [5.74, 6) is 1.18. The quantitative estimate of drug-likeness (QED) is 0.415. The fraction of sp³-hybridized carbons (Fsp3) is 0.613. The summed E-state index contributed by atoms with van der Waals surface area (Å²) >= 11 is 0. The smallest absolute Gasteiger partial charge is 0.162 e. The number of Topliss-reactive ketones (excluding diaryl/α,β-unsaturated/α-hetero) is 2. The summed E-state index contributed by atoms with van der Waals surface area (Å²) in [5.41, 5.74) is 4.24. The van der Waals surface area contributed by atoms with Crippen LogP contribution in [-0.2, 0) is 14.3 Å². The normalized spacial score (nSPS) is 21.4. The lowest BCUT2D eigenvalue weighted by atomic mass is 9.63. The van der Waals surface area contributed by atoms with Crippen molar-refractivity contribution in [2.24, 2.45) is 10.8 Å². The van der Waals surface area contributed by atoms with E-state index in [0.717, 1.165) is 40.9 Å². The molecule has 0 atom stereocenters. The molecule has 0 spiro atoms. The number of methoxy groups -OCH3 is 1. The van der Waals surface area contributed by atoms with Gasteiger partial charge >= 0.3 is 0 Å². The summed E-state index contributed by atoms with van der Waals surface area (Å²) in [5, 5.41) is 0. The van der Waals surface area contributed by atoms with Crippen LogP contribution in [0.1, 0.15) is 85.6 Å². The summed E-state index contributed by atoms with van der Waals surface area (Å²) < 4.78 is 17.5. The number of allylic oxidation sites excluding steroid dienone is 4. The van der Waals surface area contributed by atoms with E-state index in [2.05, 4.69) is 32.6 Å². The number of carbonyl (C=O) groups excluding carboxylic acids is 2. The first-order valence-electron chi connectivity index (χ1n) is 13.6. The average Bonchev–Trinajstić information content (AvgIpc) is 2.77. The Labute approximate surface area is 222 Å². The molecular formula is C31H43NO5. The molecule has 0 unspecified atom stereocenters. The molecule has 3 aliphatic rings. The number of rotatable bonds is 8. The Morgan fingerprint density at radius 3 is 1.97 bits per heavy atom. The molecule has 0 bridgehead atoms. The molecule has 0 radical (unpaired) electrons. The van der Waals surface area contributed by atoms with Gasteiger partial charge in [0.2, 0.25) is 0 Å².